The summed E-state index contributed by atoms with van der Waals surface area (Å²) in [6.07, 6.45) is 0.351. The Morgan fingerprint density at radius 2 is 2.23 bits per heavy atom. The van der Waals surface area contributed by atoms with Gasteiger partial charge in [0.25, 0.3) is 0 Å². The standard InChI is InChI=1S/C9H7BrN2O/c10-6-1-2-7-5(3-6)4-8(13)9(11)12-7/h1-3H,4H2,(H2,11,12). The van der Waals surface area contributed by atoms with Gasteiger partial charge in [0.2, 0.25) is 5.78 Å². The molecule has 0 unspecified atom stereocenters. The van der Waals surface area contributed by atoms with Crippen molar-refractivity contribution < 1.29 is 4.79 Å². The van der Waals surface area contributed by atoms with E-state index >= 15 is 0 Å². The lowest BCUT2D eigenvalue weighted by molar-refractivity contribution is -0.112. The van der Waals surface area contributed by atoms with E-state index in [0.717, 1.165) is 15.7 Å². The number of ketones is 1. The second-order valence-electron chi connectivity index (χ2n) is 2.87. The number of nitrogens with two attached hydrogens (primary N) is 1. The molecule has 2 rings (SSSR count). The molecule has 0 fully saturated rings. The van der Waals surface area contributed by atoms with Gasteiger partial charge in [-0.2, -0.15) is 0 Å². The predicted molar refractivity (Wildman–Crippen MR) is 54.1 cm³/mol. The smallest absolute Gasteiger partial charge is 0.201 e. The van der Waals surface area contributed by atoms with Gasteiger partial charge in [-0.25, -0.2) is 4.99 Å². The minimum atomic E-state index is -0.106. The highest BCUT2D eigenvalue weighted by Gasteiger charge is 2.17. The molecule has 13 heavy (non-hydrogen) atoms. The number of nitrogens with zero attached hydrogens (tertiary/aromatic N) is 1. The molecule has 0 radical (unpaired) electrons. The number of amidine groups is 1. The Kier molecular flexibility index (Phi) is 1.92. The third kappa shape index (κ3) is 1.49. The molecule has 4 heteroatoms. The zero-order chi connectivity index (χ0) is 9.42. The predicted octanol–water partition coefficient (Wildman–Crippen LogP) is 1.56. The molecule has 0 spiro atoms. The summed E-state index contributed by atoms with van der Waals surface area (Å²) in [5, 5.41) is 0. The number of hydrogen-bond donors (Lipinski definition) is 1. The molecule has 0 bridgehead atoms. The fourth-order valence-electron chi connectivity index (χ4n) is 1.26. The summed E-state index contributed by atoms with van der Waals surface area (Å²) in [7, 11) is 0. The number of carbonyl (C=O) groups excluding carboxylic acids is 1. The summed E-state index contributed by atoms with van der Waals surface area (Å²) < 4.78 is 0.953. The third-order valence-electron chi connectivity index (χ3n) is 1.92. The van der Waals surface area contributed by atoms with Gasteiger partial charge in [-0.3, -0.25) is 4.79 Å². The zero-order valence-corrected chi connectivity index (χ0v) is 8.34. The first-order valence-corrected chi connectivity index (χ1v) is 4.62. The molecule has 0 saturated carbocycles. The van der Waals surface area contributed by atoms with Crippen LogP contribution in [0.15, 0.2) is 27.7 Å². The summed E-state index contributed by atoms with van der Waals surface area (Å²) >= 11 is 3.33. The van der Waals surface area contributed by atoms with E-state index in [0.29, 0.717) is 6.42 Å². The van der Waals surface area contributed by atoms with Gasteiger partial charge in [-0.15, -0.1) is 0 Å². The van der Waals surface area contributed by atoms with E-state index in [2.05, 4.69) is 20.9 Å². The Hall–Kier alpha value is -1.16. The van der Waals surface area contributed by atoms with Gasteiger partial charge >= 0.3 is 0 Å². The van der Waals surface area contributed by atoms with Crippen molar-refractivity contribution in [2.75, 3.05) is 0 Å². The number of halogens is 1. The summed E-state index contributed by atoms with van der Waals surface area (Å²) in [6.45, 7) is 0. The van der Waals surface area contributed by atoms with E-state index in [-0.39, 0.29) is 11.6 Å². The minimum Gasteiger partial charge on any atom is -0.381 e. The van der Waals surface area contributed by atoms with Crippen molar-refractivity contribution in [1.29, 1.82) is 0 Å². The summed E-state index contributed by atoms with van der Waals surface area (Å²) in [5.74, 6) is 0.000391. The lowest BCUT2D eigenvalue weighted by Crippen LogP contribution is -2.27. The van der Waals surface area contributed by atoms with Crippen LogP contribution in [0.25, 0.3) is 0 Å². The lowest BCUT2D eigenvalue weighted by atomic mass is 10.0. The van der Waals surface area contributed by atoms with E-state index < -0.39 is 0 Å². The minimum absolute atomic E-state index is 0.106. The van der Waals surface area contributed by atoms with Crippen LogP contribution in [0.5, 0.6) is 0 Å². The SMILES string of the molecule is NC1=Nc2ccc(Br)cc2CC1=O. The average Bonchev–Trinajstić information content (AvgIpc) is 2.08. The van der Waals surface area contributed by atoms with Gasteiger partial charge in [0.15, 0.2) is 5.84 Å². The summed E-state index contributed by atoms with van der Waals surface area (Å²) in [6, 6.07) is 5.62. The highest BCUT2D eigenvalue weighted by Crippen LogP contribution is 2.26. The Bertz CT molecular complexity index is 412. The van der Waals surface area contributed by atoms with Crippen LogP contribution < -0.4 is 5.73 Å². The Balaban J connectivity index is 2.56. The van der Waals surface area contributed by atoms with E-state index in [4.69, 9.17) is 5.73 Å². The van der Waals surface area contributed by atoms with Crippen LogP contribution in [0, 0.1) is 0 Å². The van der Waals surface area contributed by atoms with Gasteiger partial charge in [-0.1, -0.05) is 15.9 Å². The number of carbonyl (C=O) groups is 1. The maximum Gasteiger partial charge on any atom is 0.201 e. The maximum absolute atomic E-state index is 11.2. The van der Waals surface area contributed by atoms with Crippen molar-refractivity contribution in [3.05, 3.63) is 28.2 Å². The van der Waals surface area contributed by atoms with Gasteiger partial charge in [0.1, 0.15) is 0 Å². The van der Waals surface area contributed by atoms with Crippen molar-refractivity contribution >= 4 is 33.2 Å². The Morgan fingerprint density at radius 3 is 3.00 bits per heavy atom. The van der Waals surface area contributed by atoms with Crippen molar-refractivity contribution in [2.24, 2.45) is 10.7 Å². The van der Waals surface area contributed by atoms with Crippen LogP contribution in [-0.4, -0.2) is 11.6 Å². The van der Waals surface area contributed by atoms with Crippen molar-refractivity contribution in [2.45, 2.75) is 6.42 Å². The first-order valence-electron chi connectivity index (χ1n) is 3.82. The van der Waals surface area contributed by atoms with Crippen molar-refractivity contribution in [3.63, 3.8) is 0 Å². The fraction of sp³-hybridized carbons (Fsp3) is 0.111. The fourth-order valence-corrected chi connectivity index (χ4v) is 1.67. The van der Waals surface area contributed by atoms with Gasteiger partial charge in [0.05, 0.1) is 5.69 Å². The largest absolute Gasteiger partial charge is 0.381 e. The monoisotopic (exact) mass is 238 g/mol. The summed E-state index contributed by atoms with van der Waals surface area (Å²) in [5.41, 5.74) is 7.14. The number of benzene rings is 1. The van der Waals surface area contributed by atoms with Crippen LogP contribution in [0.1, 0.15) is 5.56 Å². The first kappa shape index (κ1) is 8.44. The highest BCUT2D eigenvalue weighted by atomic mass is 79.9. The molecule has 0 atom stereocenters. The van der Waals surface area contributed by atoms with E-state index in [9.17, 15) is 4.79 Å². The lowest BCUT2D eigenvalue weighted by Gasteiger charge is -2.11. The van der Waals surface area contributed by atoms with E-state index in [1.807, 2.05) is 18.2 Å². The van der Waals surface area contributed by atoms with Gasteiger partial charge in [0, 0.05) is 10.9 Å². The molecule has 0 saturated heterocycles. The molecule has 1 aliphatic rings. The second-order valence-corrected chi connectivity index (χ2v) is 3.79. The molecule has 1 aromatic carbocycles. The van der Waals surface area contributed by atoms with Crippen LogP contribution in [-0.2, 0) is 11.2 Å². The van der Waals surface area contributed by atoms with Gasteiger partial charge < -0.3 is 5.73 Å². The van der Waals surface area contributed by atoms with E-state index in [1.54, 1.807) is 0 Å². The maximum atomic E-state index is 11.2. The Labute approximate surface area is 83.8 Å². The Morgan fingerprint density at radius 1 is 1.46 bits per heavy atom. The number of fused-ring (bicyclic) bond motifs is 1. The quantitative estimate of drug-likeness (QED) is 0.746. The zero-order valence-electron chi connectivity index (χ0n) is 6.75. The van der Waals surface area contributed by atoms with Crippen LogP contribution >= 0.6 is 15.9 Å². The first-order chi connectivity index (χ1) is 6.16. The molecule has 2 N–H and O–H groups in total. The normalized spacial score (nSPS) is 15.2. The molecule has 66 valence electrons. The molecule has 0 aromatic heterocycles. The summed E-state index contributed by atoms with van der Waals surface area (Å²) in [4.78, 5) is 15.2. The molecule has 3 nitrogen and oxygen atoms in total. The van der Waals surface area contributed by atoms with Crippen LogP contribution in [0.2, 0.25) is 0 Å². The molecular formula is C9H7BrN2O. The molecule has 0 aliphatic carbocycles. The average molecular weight is 239 g/mol. The van der Waals surface area contributed by atoms with Crippen molar-refractivity contribution in [3.8, 4) is 0 Å². The molecular weight excluding hydrogens is 232 g/mol. The molecule has 1 aliphatic heterocycles. The van der Waals surface area contributed by atoms with E-state index in [1.165, 1.54) is 0 Å². The van der Waals surface area contributed by atoms with Crippen LogP contribution in [0.3, 0.4) is 0 Å². The highest BCUT2D eigenvalue weighted by molar-refractivity contribution is 9.10. The molecule has 1 heterocycles. The number of rotatable bonds is 0. The number of aliphatic imine (C=N–C) groups is 1. The number of Topliss-reactive ketones (excluding diaryl/α,β-unsaturated/α-hetero) is 1. The third-order valence-corrected chi connectivity index (χ3v) is 2.41. The van der Waals surface area contributed by atoms with Gasteiger partial charge in [-0.05, 0) is 23.8 Å². The second kappa shape index (κ2) is 2.96. The molecule has 0 amide bonds. The molecule has 1 aromatic rings. The number of hydrogen-bond acceptors (Lipinski definition) is 3. The van der Waals surface area contributed by atoms with Crippen molar-refractivity contribution in [1.82, 2.24) is 0 Å². The topological polar surface area (TPSA) is 55.4 Å². The van der Waals surface area contributed by atoms with Crippen LogP contribution in [0.4, 0.5) is 5.69 Å².